The van der Waals surface area contributed by atoms with Crippen LogP contribution in [0.15, 0.2) is 60.8 Å². The van der Waals surface area contributed by atoms with Gasteiger partial charge in [-0.25, -0.2) is 9.97 Å². The number of ether oxygens (including phenoxy) is 3. The lowest BCUT2D eigenvalue weighted by atomic mass is 10.2. The second-order valence-corrected chi connectivity index (χ2v) is 8.62. The van der Waals surface area contributed by atoms with E-state index in [1.54, 1.807) is 27.5 Å². The molecular formula is C27H26ClN5O3. The first-order chi connectivity index (χ1) is 17.5. The maximum atomic E-state index is 6.51. The lowest BCUT2D eigenvalue weighted by molar-refractivity contribution is 0.355. The van der Waals surface area contributed by atoms with Crippen molar-refractivity contribution >= 4 is 45.6 Å². The van der Waals surface area contributed by atoms with E-state index < -0.39 is 0 Å². The minimum Gasteiger partial charge on any atom is -0.497 e. The highest BCUT2D eigenvalue weighted by Crippen LogP contribution is 2.36. The van der Waals surface area contributed by atoms with Crippen LogP contribution in [0.4, 0.5) is 17.5 Å². The van der Waals surface area contributed by atoms with Gasteiger partial charge in [-0.05, 0) is 36.2 Å². The van der Waals surface area contributed by atoms with E-state index in [0.29, 0.717) is 40.3 Å². The maximum absolute atomic E-state index is 6.51. The van der Waals surface area contributed by atoms with E-state index in [4.69, 9.17) is 30.8 Å². The van der Waals surface area contributed by atoms with Gasteiger partial charge in [-0.2, -0.15) is 0 Å². The Balaban J connectivity index is 1.64. The van der Waals surface area contributed by atoms with Crippen LogP contribution in [0.3, 0.4) is 0 Å². The van der Waals surface area contributed by atoms with E-state index >= 15 is 0 Å². The van der Waals surface area contributed by atoms with E-state index in [9.17, 15) is 0 Å². The molecule has 0 aliphatic carbocycles. The summed E-state index contributed by atoms with van der Waals surface area (Å²) in [4.78, 5) is 9.59. The molecule has 2 heterocycles. The van der Waals surface area contributed by atoms with E-state index in [1.165, 1.54) is 0 Å². The molecule has 0 unspecified atom stereocenters. The van der Waals surface area contributed by atoms with Crippen molar-refractivity contribution in [2.45, 2.75) is 13.5 Å². The number of aryl methyl sites for hydroxylation is 1. The van der Waals surface area contributed by atoms with Crippen molar-refractivity contribution in [3.05, 3.63) is 76.9 Å². The zero-order chi connectivity index (χ0) is 25.2. The van der Waals surface area contributed by atoms with Crippen LogP contribution in [0.5, 0.6) is 17.2 Å². The van der Waals surface area contributed by atoms with Crippen LogP contribution in [0.2, 0.25) is 5.02 Å². The Hall–Kier alpha value is -4.17. The topological polar surface area (TPSA) is 81.9 Å². The molecule has 2 N–H and O–H groups in total. The van der Waals surface area contributed by atoms with E-state index in [1.807, 2.05) is 65.9 Å². The van der Waals surface area contributed by atoms with Gasteiger partial charge in [0.15, 0.2) is 17.3 Å². The number of rotatable bonds is 8. The molecule has 5 rings (SSSR count). The van der Waals surface area contributed by atoms with Crippen molar-refractivity contribution < 1.29 is 14.2 Å². The number of nitrogens with zero attached hydrogens (tertiary/aromatic N) is 3. The molecule has 9 heteroatoms. The number of imidazole rings is 1. The third-order valence-corrected chi connectivity index (χ3v) is 6.35. The number of anilines is 3. The zero-order valence-electron chi connectivity index (χ0n) is 20.4. The summed E-state index contributed by atoms with van der Waals surface area (Å²) in [5.74, 6) is 3.29. The van der Waals surface area contributed by atoms with Gasteiger partial charge in [-0.3, -0.25) is 4.40 Å². The summed E-state index contributed by atoms with van der Waals surface area (Å²) in [6.45, 7) is 2.57. The number of para-hydroxylation sites is 1. The van der Waals surface area contributed by atoms with Crippen molar-refractivity contribution in [2.24, 2.45) is 0 Å². The van der Waals surface area contributed by atoms with Gasteiger partial charge >= 0.3 is 0 Å². The number of hydrogen-bond acceptors (Lipinski definition) is 7. The van der Waals surface area contributed by atoms with Crippen molar-refractivity contribution in [2.75, 3.05) is 32.0 Å². The fraction of sp³-hybridized carbons (Fsp3) is 0.185. The second kappa shape index (κ2) is 9.83. The summed E-state index contributed by atoms with van der Waals surface area (Å²) in [5.41, 5.74) is 5.20. The largest absolute Gasteiger partial charge is 0.497 e. The Bertz CT molecular complexity index is 1530. The van der Waals surface area contributed by atoms with E-state index in [-0.39, 0.29) is 0 Å². The number of fused-ring (bicyclic) bond motifs is 3. The quantitative estimate of drug-likeness (QED) is 0.260. The smallest absolute Gasteiger partial charge is 0.208 e. The minimum atomic E-state index is 0.576. The number of benzene rings is 3. The number of halogens is 1. The molecule has 0 fully saturated rings. The van der Waals surface area contributed by atoms with Crippen molar-refractivity contribution in [1.29, 1.82) is 0 Å². The van der Waals surface area contributed by atoms with Gasteiger partial charge in [0.2, 0.25) is 5.95 Å². The third kappa shape index (κ3) is 4.31. The molecule has 184 valence electrons. The van der Waals surface area contributed by atoms with Crippen molar-refractivity contribution in [3.63, 3.8) is 0 Å². The first-order valence-corrected chi connectivity index (χ1v) is 11.7. The average molecular weight is 504 g/mol. The van der Waals surface area contributed by atoms with Crippen LogP contribution in [-0.4, -0.2) is 35.7 Å². The SMILES string of the molecule is COc1ccc(CNc2ncc3c(Nc4c(C)cccc4Cl)nc4cc(OC)c(OC)cc4n23)cc1. The predicted molar refractivity (Wildman–Crippen MR) is 143 cm³/mol. The maximum Gasteiger partial charge on any atom is 0.208 e. The molecule has 0 aliphatic rings. The molecule has 8 nitrogen and oxygen atoms in total. The number of methoxy groups -OCH3 is 3. The lowest BCUT2D eigenvalue weighted by Crippen LogP contribution is -2.06. The van der Waals surface area contributed by atoms with Crippen molar-refractivity contribution in [3.8, 4) is 17.2 Å². The predicted octanol–water partition coefficient (Wildman–Crippen LogP) is 6.23. The Morgan fingerprint density at radius 3 is 2.36 bits per heavy atom. The van der Waals surface area contributed by atoms with Gasteiger partial charge < -0.3 is 24.8 Å². The molecule has 0 saturated heterocycles. The molecule has 0 radical (unpaired) electrons. The third-order valence-electron chi connectivity index (χ3n) is 6.03. The summed E-state index contributed by atoms with van der Waals surface area (Å²) >= 11 is 6.51. The summed E-state index contributed by atoms with van der Waals surface area (Å²) in [5, 5.41) is 7.49. The summed E-state index contributed by atoms with van der Waals surface area (Å²) in [6.07, 6.45) is 1.79. The standard InChI is InChI=1S/C27H26ClN5O3/c1-16-6-5-7-19(28)25(16)32-26-22-15-30-27(29-14-17-8-10-18(34-2)11-9-17)33(22)21-13-24(36-4)23(35-3)12-20(21)31-26/h5-13,15H,14H2,1-4H3,(H,29,30)(H,31,32). The molecular weight excluding hydrogens is 478 g/mol. The lowest BCUT2D eigenvalue weighted by Gasteiger charge is -2.16. The van der Waals surface area contributed by atoms with Crippen LogP contribution in [0.25, 0.3) is 16.6 Å². The van der Waals surface area contributed by atoms with Gasteiger partial charge in [-0.15, -0.1) is 0 Å². The first kappa shape index (κ1) is 23.6. The zero-order valence-corrected chi connectivity index (χ0v) is 21.2. The molecule has 36 heavy (non-hydrogen) atoms. The average Bonchev–Trinajstić information content (AvgIpc) is 3.33. The highest BCUT2D eigenvalue weighted by Gasteiger charge is 2.18. The Morgan fingerprint density at radius 1 is 0.917 bits per heavy atom. The van der Waals surface area contributed by atoms with E-state index in [0.717, 1.165) is 33.6 Å². The fourth-order valence-electron chi connectivity index (χ4n) is 4.12. The molecule has 0 aliphatic heterocycles. The van der Waals surface area contributed by atoms with Crippen molar-refractivity contribution in [1.82, 2.24) is 14.4 Å². The number of aromatic nitrogens is 3. The summed E-state index contributed by atoms with van der Waals surface area (Å²) in [6, 6.07) is 17.4. The molecule has 0 bridgehead atoms. The van der Waals surface area contributed by atoms with Gasteiger partial charge in [-0.1, -0.05) is 35.9 Å². The van der Waals surface area contributed by atoms with Gasteiger partial charge in [0.1, 0.15) is 11.3 Å². The molecule has 0 saturated carbocycles. The first-order valence-electron chi connectivity index (χ1n) is 11.3. The highest BCUT2D eigenvalue weighted by atomic mass is 35.5. The van der Waals surface area contributed by atoms with Crippen LogP contribution in [-0.2, 0) is 6.54 Å². The van der Waals surface area contributed by atoms with Gasteiger partial charge in [0.05, 0.1) is 49.3 Å². The Labute approximate surface area is 213 Å². The molecule has 0 amide bonds. The molecule has 0 atom stereocenters. The van der Waals surface area contributed by atoms with Crippen LogP contribution < -0.4 is 24.8 Å². The number of hydrogen-bond donors (Lipinski definition) is 2. The fourth-order valence-corrected chi connectivity index (χ4v) is 4.39. The monoisotopic (exact) mass is 503 g/mol. The normalized spacial score (nSPS) is 11.0. The van der Waals surface area contributed by atoms with Gasteiger partial charge in [0, 0.05) is 18.7 Å². The van der Waals surface area contributed by atoms with Crippen LogP contribution >= 0.6 is 11.6 Å². The van der Waals surface area contributed by atoms with E-state index in [2.05, 4.69) is 15.6 Å². The molecule has 3 aromatic carbocycles. The molecule has 2 aromatic heterocycles. The Morgan fingerprint density at radius 2 is 1.67 bits per heavy atom. The second-order valence-electron chi connectivity index (χ2n) is 8.22. The summed E-state index contributed by atoms with van der Waals surface area (Å²) < 4.78 is 18.4. The van der Waals surface area contributed by atoms with Crippen LogP contribution in [0, 0.1) is 6.92 Å². The van der Waals surface area contributed by atoms with Crippen LogP contribution in [0.1, 0.15) is 11.1 Å². The molecule has 0 spiro atoms. The molecule has 5 aromatic rings. The Kier molecular flexibility index (Phi) is 6.43. The number of nitrogens with one attached hydrogen (secondary N) is 2. The minimum absolute atomic E-state index is 0.576. The highest BCUT2D eigenvalue weighted by molar-refractivity contribution is 6.33. The summed E-state index contributed by atoms with van der Waals surface area (Å²) in [7, 11) is 4.87. The van der Waals surface area contributed by atoms with Gasteiger partial charge in [0.25, 0.3) is 0 Å².